The summed E-state index contributed by atoms with van der Waals surface area (Å²) < 4.78 is 58.7. The highest BCUT2D eigenvalue weighted by Crippen LogP contribution is 2.51. The molecule has 0 amide bonds. The van der Waals surface area contributed by atoms with Crippen LogP contribution in [0.15, 0.2) is 29.1 Å². The Balaban J connectivity index is 2.19. The summed E-state index contributed by atoms with van der Waals surface area (Å²) in [7, 11) is 1.47. The highest BCUT2D eigenvalue weighted by molar-refractivity contribution is 6.09. The maximum atomic E-state index is 13.7. The summed E-state index contributed by atoms with van der Waals surface area (Å²) in [6.45, 7) is 2.69. The second-order valence-corrected chi connectivity index (χ2v) is 7.68. The second kappa shape index (κ2) is 7.33. The summed E-state index contributed by atoms with van der Waals surface area (Å²) in [5.41, 5.74) is -3.59. The lowest BCUT2D eigenvalue weighted by Crippen LogP contribution is -2.39. The zero-order valence-electron chi connectivity index (χ0n) is 17.3. The number of ether oxygens (including phenoxy) is 3. The van der Waals surface area contributed by atoms with Gasteiger partial charge in [0.2, 0.25) is 6.79 Å². The average Bonchev–Trinajstić information content (AvgIpc) is 3.21. The maximum Gasteiger partial charge on any atom is 0.421 e. The number of aromatic nitrogens is 1. The van der Waals surface area contributed by atoms with E-state index >= 15 is 0 Å². The molecule has 2 aromatic carbocycles. The van der Waals surface area contributed by atoms with Gasteiger partial charge in [-0.25, -0.2) is 0 Å². The molecule has 6 nitrogen and oxygen atoms in total. The summed E-state index contributed by atoms with van der Waals surface area (Å²) >= 11 is 0. The summed E-state index contributed by atoms with van der Waals surface area (Å²) in [5, 5.41) is 11.5. The molecule has 0 saturated heterocycles. The van der Waals surface area contributed by atoms with Crippen LogP contribution in [0.4, 0.5) is 13.2 Å². The number of nitrogens with zero attached hydrogens (tertiary/aromatic N) is 1. The van der Waals surface area contributed by atoms with Crippen LogP contribution in [0.1, 0.15) is 32.3 Å². The van der Waals surface area contributed by atoms with E-state index in [1.54, 1.807) is 18.2 Å². The second-order valence-electron chi connectivity index (χ2n) is 7.68. The van der Waals surface area contributed by atoms with Crippen LogP contribution in [0.3, 0.4) is 0 Å². The topological polar surface area (TPSA) is 69.9 Å². The molecule has 1 aliphatic heterocycles. The first-order chi connectivity index (χ1) is 14.6. The minimum absolute atomic E-state index is 0.0305. The number of aliphatic hydroxyl groups is 1. The average molecular weight is 437 g/mol. The molecular formula is C22H22F3NO5. The first kappa shape index (κ1) is 21.3. The molecule has 0 fully saturated rings. The Morgan fingerprint density at radius 2 is 1.84 bits per heavy atom. The van der Waals surface area contributed by atoms with Crippen LogP contribution in [-0.2, 0) is 12.1 Å². The van der Waals surface area contributed by atoms with Crippen molar-refractivity contribution >= 4 is 21.7 Å². The zero-order valence-corrected chi connectivity index (χ0v) is 17.3. The fraction of sp³-hybridized carbons (Fsp3) is 0.409. The zero-order chi connectivity index (χ0) is 22.6. The third kappa shape index (κ3) is 3.18. The van der Waals surface area contributed by atoms with Crippen LogP contribution in [0.2, 0.25) is 0 Å². The van der Waals surface area contributed by atoms with E-state index in [0.29, 0.717) is 47.3 Å². The monoisotopic (exact) mass is 437 g/mol. The van der Waals surface area contributed by atoms with Crippen molar-refractivity contribution < 1.29 is 32.5 Å². The van der Waals surface area contributed by atoms with Crippen molar-refractivity contribution in [1.29, 1.82) is 0 Å². The van der Waals surface area contributed by atoms with Gasteiger partial charge in [0, 0.05) is 17.5 Å². The third-order valence-corrected chi connectivity index (χ3v) is 5.69. The Morgan fingerprint density at radius 1 is 1.13 bits per heavy atom. The van der Waals surface area contributed by atoms with Crippen LogP contribution in [0.5, 0.6) is 17.2 Å². The van der Waals surface area contributed by atoms with Gasteiger partial charge in [-0.1, -0.05) is 13.3 Å². The number of aryl methyl sites for hydroxylation is 1. The number of fused-ring (bicyclic) bond motifs is 5. The van der Waals surface area contributed by atoms with Crippen molar-refractivity contribution in [1.82, 2.24) is 4.57 Å². The summed E-state index contributed by atoms with van der Waals surface area (Å²) in [6.07, 6.45) is -3.46. The van der Waals surface area contributed by atoms with Crippen molar-refractivity contribution in [2.45, 2.75) is 45.0 Å². The molecule has 0 aliphatic carbocycles. The van der Waals surface area contributed by atoms with Crippen LogP contribution in [0.25, 0.3) is 21.7 Å². The Kier molecular flexibility index (Phi) is 5.04. The molecule has 0 saturated carbocycles. The fourth-order valence-corrected chi connectivity index (χ4v) is 3.88. The molecule has 1 atom stereocenters. The molecule has 1 aromatic heterocycles. The minimum atomic E-state index is -4.95. The maximum absolute atomic E-state index is 13.7. The van der Waals surface area contributed by atoms with Gasteiger partial charge in [-0.15, -0.1) is 0 Å². The normalized spacial score (nSPS) is 15.5. The van der Waals surface area contributed by atoms with E-state index in [4.69, 9.17) is 14.2 Å². The van der Waals surface area contributed by atoms with Crippen molar-refractivity contribution in [2.75, 3.05) is 13.9 Å². The number of unbranched alkanes of at least 4 members (excludes halogenated alkanes) is 1. The van der Waals surface area contributed by atoms with Gasteiger partial charge in [-0.2, -0.15) is 13.2 Å². The first-order valence-corrected chi connectivity index (χ1v) is 9.88. The largest absolute Gasteiger partial charge is 0.497 e. The highest BCUT2D eigenvalue weighted by atomic mass is 19.4. The van der Waals surface area contributed by atoms with Crippen molar-refractivity contribution in [3.05, 3.63) is 40.2 Å². The first-order valence-electron chi connectivity index (χ1n) is 9.88. The number of hydrogen-bond acceptors (Lipinski definition) is 5. The van der Waals surface area contributed by atoms with E-state index in [-0.39, 0.29) is 23.9 Å². The summed E-state index contributed by atoms with van der Waals surface area (Å²) in [5.74, 6) is 0.282. The Labute approximate surface area is 175 Å². The smallest absolute Gasteiger partial charge is 0.421 e. The number of benzene rings is 2. The lowest BCUT2D eigenvalue weighted by molar-refractivity contribution is -0.259. The molecule has 0 bridgehead atoms. The Bertz CT molecular complexity index is 1230. The molecule has 9 heteroatoms. The summed E-state index contributed by atoms with van der Waals surface area (Å²) in [4.78, 5) is 13.3. The number of methoxy groups -OCH3 is 1. The van der Waals surface area contributed by atoms with Crippen LogP contribution < -0.4 is 19.8 Å². The molecule has 0 spiro atoms. The lowest BCUT2D eigenvalue weighted by Gasteiger charge is -2.28. The van der Waals surface area contributed by atoms with E-state index in [9.17, 15) is 23.1 Å². The molecular weight excluding hydrogens is 415 g/mol. The quantitative estimate of drug-likeness (QED) is 0.597. The van der Waals surface area contributed by atoms with E-state index in [2.05, 4.69) is 0 Å². The molecule has 1 N–H and O–H groups in total. The van der Waals surface area contributed by atoms with Gasteiger partial charge in [-0.3, -0.25) is 4.79 Å². The van der Waals surface area contributed by atoms with Crippen molar-refractivity contribution in [3.8, 4) is 17.2 Å². The molecule has 0 radical (unpaired) electrons. The van der Waals surface area contributed by atoms with Crippen LogP contribution in [0, 0.1) is 0 Å². The van der Waals surface area contributed by atoms with E-state index in [1.807, 2.05) is 6.92 Å². The Hall–Kier alpha value is -2.94. The van der Waals surface area contributed by atoms with Gasteiger partial charge in [0.05, 0.1) is 18.0 Å². The number of rotatable bonds is 5. The number of hydrogen-bond donors (Lipinski definition) is 1. The van der Waals surface area contributed by atoms with E-state index in [1.165, 1.54) is 17.7 Å². The summed E-state index contributed by atoms with van der Waals surface area (Å²) in [6, 6.07) is 6.05. The molecule has 1 aliphatic rings. The molecule has 2 heterocycles. The van der Waals surface area contributed by atoms with Gasteiger partial charge in [-0.05, 0) is 43.0 Å². The highest BCUT2D eigenvalue weighted by Gasteiger charge is 2.53. The van der Waals surface area contributed by atoms with Crippen LogP contribution in [-0.4, -0.2) is 29.8 Å². The number of pyridine rings is 1. The fourth-order valence-electron chi connectivity index (χ4n) is 3.88. The molecule has 1 unspecified atom stereocenters. The minimum Gasteiger partial charge on any atom is -0.497 e. The van der Waals surface area contributed by atoms with E-state index in [0.717, 1.165) is 6.42 Å². The van der Waals surface area contributed by atoms with Gasteiger partial charge in [0.25, 0.3) is 5.56 Å². The van der Waals surface area contributed by atoms with Gasteiger partial charge < -0.3 is 23.9 Å². The third-order valence-electron chi connectivity index (χ3n) is 5.69. The molecule has 4 rings (SSSR count). The number of halogens is 3. The van der Waals surface area contributed by atoms with Gasteiger partial charge in [0.1, 0.15) is 5.75 Å². The molecule has 31 heavy (non-hydrogen) atoms. The predicted molar refractivity (Wildman–Crippen MR) is 109 cm³/mol. The van der Waals surface area contributed by atoms with Crippen molar-refractivity contribution in [2.24, 2.45) is 0 Å². The van der Waals surface area contributed by atoms with E-state index < -0.39 is 17.3 Å². The van der Waals surface area contributed by atoms with Crippen molar-refractivity contribution in [3.63, 3.8) is 0 Å². The SMILES string of the molecule is CCCCn1c(=O)c2cc(OC)ccc2c2cc(C(C)(O)C(F)(F)F)c3c(c21)OCO3. The number of alkyl halides is 3. The lowest BCUT2D eigenvalue weighted by atomic mass is 9.91. The Morgan fingerprint density at radius 3 is 2.48 bits per heavy atom. The molecule has 3 aromatic rings. The molecule has 166 valence electrons. The van der Waals surface area contributed by atoms with Gasteiger partial charge >= 0.3 is 6.18 Å². The van der Waals surface area contributed by atoms with Crippen LogP contribution >= 0.6 is 0 Å². The van der Waals surface area contributed by atoms with Gasteiger partial charge in [0.15, 0.2) is 17.1 Å². The predicted octanol–water partition coefficient (Wildman–Crippen LogP) is 4.46. The standard InChI is InChI=1S/C22H22F3NO5/c1-4-5-8-26-17-14(13-7-6-12(29-3)9-15(13)20(26)27)10-16(18-19(17)31-11-30-18)21(2,28)22(23,24)25/h6-7,9-10,28H,4-5,8,11H2,1-3H3.